The number of nitrogens with one attached hydrogen (secondary N) is 1. The highest BCUT2D eigenvalue weighted by molar-refractivity contribution is 7.09. The summed E-state index contributed by atoms with van der Waals surface area (Å²) in [6.45, 7) is 0. The Labute approximate surface area is 150 Å². The summed E-state index contributed by atoms with van der Waals surface area (Å²) in [7, 11) is 1.86. The van der Waals surface area contributed by atoms with Crippen LogP contribution in [0, 0.1) is 5.82 Å². The maximum absolute atomic E-state index is 13.6. The highest BCUT2D eigenvalue weighted by Gasteiger charge is 2.21. The van der Waals surface area contributed by atoms with Crippen molar-refractivity contribution in [2.24, 2.45) is 7.05 Å². The van der Waals surface area contributed by atoms with Crippen molar-refractivity contribution in [3.63, 3.8) is 0 Å². The Balaban J connectivity index is 1.69. The van der Waals surface area contributed by atoms with Crippen LogP contribution in [0.5, 0.6) is 0 Å². The second kappa shape index (κ2) is 8.07. The van der Waals surface area contributed by atoms with E-state index in [4.69, 9.17) is 0 Å². The molecule has 6 heteroatoms. The van der Waals surface area contributed by atoms with Crippen LogP contribution in [0.2, 0.25) is 0 Å². The Bertz CT molecular complexity index is 829. The normalized spacial score (nSPS) is 12.1. The zero-order valence-corrected chi connectivity index (χ0v) is 14.8. The molecule has 0 saturated carbocycles. The van der Waals surface area contributed by atoms with Gasteiger partial charge in [-0.3, -0.25) is 4.79 Å². The molecule has 3 aromatic rings. The third-order valence-corrected chi connectivity index (χ3v) is 4.95. The number of hydrogen-bond donors (Lipinski definition) is 1. The third kappa shape index (κ3) is 4.54. The molecule has 130 valence electrons. The number of rotatable bonds is 7. The summed E-state index contributed by atoms with van der Waals surface area (Å²) in [6, 6.07) is 9.89. The Hall–Kier alpha value is -2.47. The third-order valence-electron chi connectivity index (χ3n) is 4.01. The Kier molecular flexibility index (Phi) is 5.60. The minimum absolute atomic E-state index is 0.0613. The molecule has 1 amide bonds. The first kappa shape index (κ1) is 17.4. The lowest BCUT2D eigenvalue weighted by Crippen LogP contribution is -2.31. The van der Waals surface area contributed by atoms with Crippen molar-refractivity contribution in [3.05, 3.63) is 76.3 Å². The number of carbonyl (C=O) groups excluding carboxylic acids is 1. The number of nitrogens with zero attached hydrogens (tertiary/aromatic N) is 2. The fourth-order valence-electron chi connectivity index (χ4n) is 2.75. The van der Waals surface area contributed by atoms with Crippen LogP contribution in [0.25, 0.3) is 0 Å². The van der Waals surface area contributed by atoms with Gasteiger partial charge >= 0.3 is 0 Å². The van der Waals surface area contributed by atoms with Gasteiger partial charge in [0.1, 0.15) is 17.7 Å². The maximum atomic E-state index is 13.6. The van der Waals surface area contributed by atoms with Gasteiger partial charge in [0.2, 0.25) is 5.91 Å². The van der Waals surface area contributed by atoms with Gasteiger partial charge in [0, 0.05) is 30.7 Å². The van der Waals surface area contributed by atoms with Gasteiger partial charge in [0.05, 0.1) is 0 Å². The lowest BCUT2D eigenvalue weighted by molar-refractivity contribution is -0.121. The number of imidazole rings is 1. The van der Waals surface area contributed by atoms with Crippen LogP contribution in [0.15, 0.2) is 54.2 Å². The molecule has 0 bridgehead atoms. The number of carbonyl (C=O) groups is 1. The van der Waals surface area contributed by atoms with Crippen molar-refractivity contribution in [2.75, 3.05) is 0 Å². The molecule has 1 atom stereocenters. The van der Waals surface area contributed by atoms with Crippen LogP contribution in [-0.2, 0) is 18.3 Å². The van der Waals surface area contributed by atoms with Gasteiger partial charge in [0.25, 0.3) is 0 Å². The average molecular weight is 357 g/mol. The molecule has 3 rings (SSSR count). The van der Waals surface area contributed by atoms with Crippen molar-refractivity contribution in [1.29, 1.82) is 0 Å². The van der Waals surface area contributed by atoms with E-state index in [9.17, 15) is 9.18 Å². The van der Waals surface area contributed by atoms with E-state index < -0.39 is 6.04 Å². The molecule has 1 aromatic carbocycles. The molecule has 0 fully saturated rings. The molecule has 25 heavy (non-hydrogen) atoms. The van der Waals surface area contributed by atoms with Crippen LogP contribution in [0.1, 0.15) is 35.1 Å². The smallest absolute Gasteiger partial charge is 0.220 e. The second-order valence-corrected chi connectivity index (χ2v) is 6.92. The van der Waals surface area contributed by atoms with Crippen LogP contribution in [0.4, 0.5) is 4.39 Å². The van der Waals surface area contributed by atoms with E-state index in [2.05, 4.69) is 16.4 Å². The number of aryl methyl sites for hydroxylation is 2. The molecule has 2 aromatic heterocycles. The summed E-state index contributed by atoms with van der Waals surface area (Å²) in [6.07, 6.45) is 5.57. The minimum Gasteiger partial charge on any atom is -0.342 e. The summed E-state index contributed by atoms with van der Waals surface area (Å²) in [5.41, 5.74) is 0.681. The van der Waals surface area contributed by atoms with Gasteiger partial charge in [-0.25, -0.2) is 9.37 Å². The first-order chi connectivity index (χ1) is 12.1. The standard InChI is InChI=1S/C19H20FN3OS/c1-23-11-10-21-19(23)18(14-5-2-6-15(20)13-14)22-17(24)9-3-7-16-8-4-12-25-16/h2,4-6,8,10-13,18H,3,7,9H2,1H3,(H,22,24)/t18-/m0/s1. The van der Waals surface area contributed by atoms with Crippen molar-refractivity contribution in [2.45, 2.75) is 25.3 Å². The highest BCUT2D eigenvalue weighted by atomic mass is 32.1. The molecule has 0 aliphatic carbocycles. The van der Waals surface area contributed by atoms with E-state index >= 15 is 0 Å². The molecule has 2 heterocycles. The van der Waals surface area contributed by atoms with Crippen LogP contribution in [0.3, 0.4) is 0 Å². The van der Waals surface area contributed by atoms with E-state index in [1.54, 1.807) is 29.7 Å². The van der Waals surface area contributed by atoms with Gasteiger partial charge in [-0.05, 0) is 42.0 Å². The molecule has 0 aliphatic rings. The summed E-state index contributed by atoms with van der Waals surface area (Å²) in [4.78, 5) is 18.0. The van der Waals surface area contributed by atoms with Gasteiger partial charge in [-0.15, -0.1) is 11.3 Å². The van der Waals surface area contributed by atoms with Crippen molar-refractivity contribution in [1.82, 2.24) is 14.9 Å². The molecule has 0 saturated heterocycles. The molecular formula is C19H20FN3OS. The van der Waals surface area contributed by atoms with Crippen molar-refractivity contribution in [3.8, 4) is 0 Å². The fraction of sp³-hybridized carbons (Fsp3) is 0.263. The largest absolute Gasteiger partial charge is 0.342 e. The summed E-state index contributed by atoms with van der Waals surface area (Å²) >= 11 is 1.70. The molecule has 0 radical (unpaired) electrons. The Morgan fingerprint density at radius 2 is 2.24 bits per heavy atom. The van der Waals surface area contributed by atoms with Crippen LogP contribution < -0.4 is 5.32 Å². The molecule has 0 spiro atoms. The number of thiophene rings is 1. The zero-order chi connectivity index (χ0) is 17.6. The quantitative estimate of drug-likeness (QED) is 0.698. The van der Waals surface area contributed by atoms with Crippen molar-refractivity contribution < 1.29 is 9.18 Å². The molecular weight excluding hydrogens is 337 g/mol. The molecule has 0 aliphatic heterocycles. The first-order valence-electron chi connectivity index (χ1n) is 8.18. The van der Waals surface area contributed by atoms with E-state index in [1.165, 1.54) is 17.0 Å². The number of halogens is 1. The summed E-state index contributed by atoms with van der Waals surface area (Å²) in [5, 5.41) is 5.04. The van der Waals surface area contributed by atoms with E-state index in [0.717, 1.165) is 12.8 Å². The van der Waals surface area contributed by atoms with Gasteiger partial charge in [-0.2, -0.15) is 0 Å². The monoisotopic (exact) mass is 357 g/mol. The zero-order valence-electron chi connectivity index (χ0n) is 14.0. The van der Waals surface area contributed by atoms with Crippen LogP contribution >= 0.6 is 11.3 Å². The van der Waals surface area contributed by atoms with Gasteiger partial charge in [0.15, 0.2) is 0 Å². The first-order valence-corrected chi connectivity index (χ1v) is 9.06. The van der Waals surface area contributed by atoms with E-state index in [-0.39, 0.29) is 11.7 Å². The number of amides is 1. The Morgan fingerprint density at radius 3 is 2.92 bits per heavy atom. The predicted octanol–water partition coefficient (Wildman–Crippen LogP) is 3.85. The minimum atomic E-state index is -0.468. The molecule has 0 unspecified atom stereocenters. The van der Waals surface area contributed by atoms with Gasteiger partial charge < -0.3 is 9.88 Å². The summed E-state index contributed by atoms with van der Waals surface area (Å²) < 4.78 is 15.5. The van der Waals surface area contributed by atoms with Gasteiger partial charge in [-0.1, -0.05) is 18.2 Å². The Morgan fingerprint density at radius 1 is 1.36 bits per heavy atom. The SMILES string of the molecule is Cn1ccnc1[C@@H](NC(=O)CCCc1cccs1)c1cccc(F)c1. The predicted molar refractivity (Wildman–Crippen MR) is 96.9 cm³/mol. The topological polar surface area (TPSA) is 46.9 Å². The molecule has 1 N–H and O–H groups in total. The number of hydrogen-bond acceptors (Lipinski definition) is 3. The number of aromatic nitrogens is 2. The summed E-state index contributed by atoms with van der Waals surface area (Å²) in [5.74, 6) is 0.287. The highest BCUT2D eigenvalue weighted by Crippen LogP contribution is 2.21. The molecule has 4 nitrogen and oxygen atoms in total. The average Bonchev–Trinajstić information content (AvgIpc) is 3.24. The fourth-order valence-corrected chi connectivity index (χ4v) is 3.50. The van der Waals surface area contributed by atoms with Crippen molar-refractivity contribution >= 4 is 17.2 Å². The second-order valence-electron chi connectivity index (χ2n) is 5.88. The van der Waals surface area contributed by atoms with E-state index in [0.29, 0.717) is 17.8 Å². The number of benzene rings is 1. The maximum Gasteiger partial charge on any atom is 0.220 e. The lowest BCUT2D eigenvalue weighted by Gasteiger charge is -2.19. The van der Waals surface area contributed by atoms with Crippen LogP contribution in [-0.4, -0.2) is 15.5 Å². The van der Waals surface area contributed by atoms with E-state index in [1.807, 2.05) is 29.3 Å². The lowest BCUT2D eigenvalue weighted by atomic mass is 10.1.